The average molecular weight is 408 g/mol. The SMILES string of the molecule is COC(=O)C1CCCN(C(=O)/C(=C/c2ccc(OC(C)C)cc2)c2ccccc2)C1. The smallest absolute Gasteiger partial charge is 0.310 e. The Labute approximate surface area is 178 Å². The van der Waals surface area contributed by atoms with Gasteiger partial charge < -0.3 is 14.4 Å². The molecule has 1 aliphatic heterocycles. The Kier molecular flexibility index (Phi) is 7.28. The summed E-state index contributed by atoms with van der Waals surface area (Å²) in [7, 11) is 1.39. The first-order valence-corrected chi connectivity index (χ1v) is 10.4. The molecule has 2 aromatic rings. The van der Waals surface area contributed by atoms with Crippen molar-refractivity contribution in [3.8, 4) is 5.75 Å². The van der Waals surface area contributed by atoms with Crippen LogP contribution in [0.15, 0.2) is 54.6 Å². The molecule has 0 aromatic heterocycles. The number of hydrogen-bond acceptors (Lipinski definition) is 4. The molecular formula is C25H29NO4. The summed E-state index contributed by atoms with van der Waals surface area (Å²) in [6, 6.07) is 17.3. The molecule has 1 atom stereocenters. The van der Waals surface area contributed by atoms with Gasteiger partial charge in [0.1, 0.15) is 5.75 Å². The van der Waals surface area contributed by atoms with Crippen molar-refractivity contribution in [3.05, 3.63) is 65.7 Å². The zero-order valence-corrected chi connectivity index (χ0v) is 17.8. The number of carbonyl (C=O) groups excluding carboxylic acids is 2. The molecule has 30 heavy (non-hydrogen) atoms. The molecule has 0 bridgehead atoms. The zero-order valence-electron chi connectivity index (χ0n) is 17.8. The Hall–Kier alpha value is -3.08. The van der Waals surface area contributed by atoms with E-state index >= 15 is 0 Å². The second kappa shape index (κ2) is 10.1. The predicted octanol–water partition coefficient (Wildman–Crippen LogP) is 4.43. The Balaban J connectivity index is 1.88. The van der Waals surface area contributed by atoms with Gasteiger partial charge in [0, 0.05) is 18.7 Å². The molecule has 0 N–H and O–H groups in total. The number of methoxy groups -OCH3 is 1. The summed E-state index contributed by atoms with van der Waals surface area (Å²) in [4.78, 5) is 27.2. The molecule has 1 saturated heterocycles. The Morgan fingerprint density at radius 1 is 1.07 bits per heavy atom. The second-order valence-corrected chi connectivity index (χ2v) is 7.77. The molecule has 1 fully saturated rings. The van der Waals surface area contributed by atoms with Crippen molar-refractivity contribution >= 4 is 23.5 Å². The number of piperidine rings is 1. The maximum atomic E-state index is 13.5. The molecule has 1 aliphatic rings. The molecule has 0 radical (unpaired) electrons. The highest BCUT2D eigenvalue weighted by molar-refractivity contribution is 6.24. The number of likely N-dealkylation sites (tertiary alicyclic amines) is 1. The van der Waals surface area contributed by atoms with Crippen LogP contribution in [0.1, 0.15) is 37.8 Å². The van der Waals surface area contributed by atoms with E-state index in [1.165, 1.54) is 7.11 Å². The highest BCUT2D eigenvalue weighted by Crippen LogP contribution is 2.26. The van der Waals surface area contributed by atoms with Crippen LogP contribution in [0.3, 0.4) is 0 Å². The number of carbonyl (C=O) groups is 2. The summed E-state index contributed by atoms with van der Waals surface area (Å²) < 4.78 is 10.6. The van der Waals surface area contributed by atoms with Gasteiger partial charge in [-0.3, -0.25) is 9.59 Å². The topological polar surface area (TPSA) is 55.8 Å². The summed E-state index contributed by atoms with van der Waals surface area (Å²) in [5.74, 6) is 0.208. The van der Waals surface area contributed by atoms with Crippen LogP contribution in [0.4, 0.5) is 0 Å². The first kappa shape index (κ1) is 21.6. The van der Waals surface area contributed by atoms with E-state index < -0.39 is 0 Å². The summed E-state index contributed by atoms with van der Waals surface area (Å²) in [6.07, 6.45) is 3.54. The molecule has 1 heterocycles. The van der Waals surface area contributed by atoms with Gasteiger partial charge in [0.05, 0.1) is 19.1 Å². The van der Waals surface area contributed by atoms with Gasteiger partial charge in [-0.2, -0.15) is 0 Å². The lowest BCUT2D eigenvalue weighted by Crippen LogP contribution is -2.43. The van der Waals surface area contributed by atoms with E-state index in [0.29, 0.717) is 18.7 Å². The largest absolute Gasteiger partial charge is 0.491 e. The van der Waals surface area contributed by atoms with Gasteiger partial charge in [-0.05, 0) is 56.0 Å². The number of amides is 1. The van der Waals surface area contributed by atoms with Crippen molar-refractivity contribution < 1.29 is 19.1 Å². The molecule has 2 aromatic carbocycles. The fraction of sp³-hybridized carbons (Fsp3) is 0.360. The zero-order chi connectivity index (χ0) is 21.5. The number of ether oxygens (including phenoxy) is 2. The molecular weight excluding hydrogens is 378 g/mol. The van der Waals surface area contributed by atoms with Crippen LogP contribution in [0.5, 0.6) is 5.75 Å². The molecule has 5 nitrogen and oxygen atoms in total. The lowest BCUT2D eigenvalue weighted by atomic mass is 9.95. The maximum absolute atomic E-state index is 13.5. The van der Waals surface area contributed by atoms with Crippen molar-refractivity contribution in [1.29, 1.82) is 0 Å². The Bertz CT molecular complexity index is 887. The minimum Gasteiger partial charge on any atom is -0.491 e. The number of nitrogens with zero attached hydrogens (tertiary/aromatic N) is 1. The third kappa shape index (κ3) is 5.50. The second-order valence-electron chi connectivity index (χ2n) is 7.77. The van der Waals surface area contributed by atoms with Crippen molar-refractivity contribution in [2.24, 2.45) is 5.92 Å². The fourth-order valence-corrected chi connectivity index (χ4v) is 3.66. The van der Waals surface area contributed by atoms with Crippen molar-refractivity contribution in [3.63, 3.8) is 0 Å². The van der Waals surface area contributed by atoms with Crippen LogP contribution >= 0.6 is 0 Å². The van der Waals surface area contributed by atoms with Gasteiger partial charge in [-0.15, -0.1) is 0 Å². The van der Waals surface area contributed by atoms with Crippen LogP contribution in [0.25, 0.3) is 11.6 Å². The van der Waals surface area contributed by atoms with Crippen LogP contribution in [-0.4, -0.2) is 43.1 Å². The average Bonchev–Trinajstić information content (AvgIpc) is 2.78. The highest BCUT2D eigenvalue weighted by Gasteiger charge is 2.30. The highest BCUT2D eigenvalue weighted by atomic mass is 16.5. The normalized spacial score (nSPS) is 17.0. The van der Waals surface area contributed by atoms with E-state index in [0.717, 1.165) is 29.7 Å². The number of benzene rings is 2. The Morgan fingerprint density at radius 3 is 2.40 bits per heavy atom. The Morgan fingerprint density at radius 2 is 1.77 bits per heavy atom. The van der Waals surface area contributed by atoms with E-state index in [4.69, 9.17) is 9.47 Å². The van der Waals surface area contributed by atoms with E-state index in [1.54, 1.807) is 4.90 Å². The van der Waals surface area contributed by atoms with Crippen molar-refractivity contribution in [2.75, 3.05) is 20.2 Å². The van der Waals surface area contributed by atoms with Gasteiger partial charge in [-0.25, -0.2) is 0 Å². The number of esters is 1. The minimum absolute atomic E-state index is 0.0719. The molecule has 1 unspecified atom stereocenters. The molecule has 1 amide bonds. The predicted molar refractivity (Wildman–Crippen MR) is 118 cm³/mol. The molecule has 0 aliphatic carbocycles. The van der Waals surface area contributed by atoms with Gasteiger partial charge in [0.15, 0.2) is 0 Å². The molecule has 158 valence electrons. The molecule has 0 saturated carbocycles. The third-order valence-corrected chi connectivity index (χ3v) is 5.12. The van der Waals surface area contributed by atoms with Crippen LogP contribution in [0.2, 0.25) is 0 Å². The van der Waals surface area contributed by atoms with Crippen LogP contribution < -0.4 is 4.74 Å². The van der Waals surface area contributed by atoms with Gasteiger partial charge in [-0.1, -0.05) is 42.5 Å². The number of rotatable bonds is 6. The molecule has 3 rings (SSSR count). The summed E-state index contributed by atoms with van der Waals surface area (Å²) in [5, 5.41) is 0. The van der Waals surface area contributed by atoms with Crippen molar-refractivity contribution in [2.45, 2.75) is 32.8 Å². The van der Waals surface area contributed by atoms with E-state index in [1.807, 2.05) is 74.5 Å². The molecule has 0 spiro atoms. The summed E-state index contributed by atoms with van der Waals surface area (Å²) in [5.41, 5.74) is 2.38. The lowest BCUT2D eigenvalue weighted by molar-refractivity contribution is -0.148. The summed E-state index contributed by atoms with van der Waals surface area (Å²) in [6.45, 7) is 4.99. The van der Waals surface area contributed by atoms with Crippen LogP contribution in [0, 0.1) is 5.92 Å². The van der Waals surface area contributed by atoms with Crippen LogP contribution in [-0.2, 0) is 14.3 Å². The first-order valence-electron chi connectivity index (χ1n) is 10.4. The quantitative estimate of drug-likeness (QED) is 0.404. The minimum atomic E-state index is -0.266. The lowest BCUT2D eigenvalue weighted by Gasteiger charge is -2.32. The van der Waals surface area contributed by atoms with E-state index in [9.17, 15) is 9.59 Å². The van der Waals surface area contributed by atoms with E-state index in [-0.39, 0.29) is 23.9 Å². The fourth-order valence-electron chi connectivity index (χ4n) is 3.66. The van der Waals surface area contributed by atoms with Crippen molar-refractivity contribution in [1.82, 2.24) is 4.90 Å². The van der Waals surface area contributed by atoms with Gasteiger partial charge >= 0.3 is 5.97 Å². The summed E-state index contributed by atoms with van der Waals surface area (Å²) >= 11 is 0. The maximum Gasteiger partial charge on any atom is 0.310 e. The standard InChI is InChI=1S/C25H29NO4/c1-18(2)30-22-13-11-19(12-14-22)16-23(20-8-5-4-6-9-20)24(27)26-15-7-10-21(17-26)25(28)29-3/h4-6,8-9,11-14,16,18,21H,7,10,15,17H2,1-3H3/b23-16+. The monoisotopic (exact) mass is 407 g/mol. The third-order valence-electron chi connectivity index (χ3n) is 5.12. The number of hydrogen-bond donors (Lipinski definition) is 0. The molecule has 5 heteroatoms. The van der Waals surface area contributed by atoms with E-state index in [2.05, 4.69) is 0 Å². The van der Waals surface area contributed by atoms with Gasteiger partial charge in [0.25, 0.3) is 5.91 Å². The van der Waals surface area contributed by atoms with Gasteiger partial charge in [0.2, 0.25) is 0 Å². The first-order chi connectivity index (χ1) is 14.5.